The van der Waals surface area contributed by atoms with Crippen molar-refractivity contribution in [3.05, 3.63) is 29.8 Å². The van der Waals surface area contributed by atoms with E-state index in [-0.39, 0.29) is 23.8 Å². The van der Waals surface area contributed by atoms with Gasteiger partial charge in [-0.15, -0.1) is 0 Å². The number of carbonyl (C=O) groups is 2. The summed E-state index contributed by atoms with van der Waals surface area (Å²) in [7, 11) is 1.64. The van der Waals surface area contributed by atoms with Gasteiger partial charge in [0, 0.05) is 45.2 Å². The van der Waals surface area contributed by atoms with E-state index in [1.54, 1.807) is 7.11 Å². The third-order valence-corrected chi connectivity index (χ3v) is 6.18. The molecule has 3 rings (SSSR count). The molecular weight excluding hydrogens is 354 g/mol. The molecule has 6 nitrogen and oxygen atoms in total. The molecule has 0 saturated carbocycles. The quantitative estimate of drug-likeness (QED) is 0.779. The van der Waals surface area contributed by atoms with Gasteiger partial charge in [0.05, 0.1) is 19.1 Å². The molecule has 0 radical (unpaired) electrons. The third kappa shape index (κ3) is 4.17. The second kappa shape index (κ2) is 8.95. The van der Waals surface area contributed by atoms with E-state index >= 15 is 0 Å². The summed E-state index contributed by atoms with van der Waals surface area (Å²) in [5.74, 6) is 0.922. The van der Waals surface area contributed by atoms with Crippen LogP contribution in [-0.4, -0.2) is 72.4 Å². The lowest BCUT2D eigenvalue weighted by Crippen LogP contribution is -2.55. The molecule has 154 valence electrons. The molecular formula is C22H33N3O3. The van der Waals surface area contributed by atoms with Crippen LogP contribution in [0.15, 0.2) is 24.3 Å². The highest BCUT2D eigenvalue weighted by molar-refractivity contribution is 5.85. The number of rotatable bonds is 5. The number of amides is 2. The Bertz CT molecular complexity index is 681. The molecule has 0 unspecified atom stereocenters. The lowest BCUT2D eigenvalue weighted by atomic mass is 9.83. The highest BCUT2D eigenvalue weighted by Crippen LogP contribution is 2.38. The summed E-state index contributed by atoms with van der Waals surface area (Å²) >= 11 is 0. The lowest BCUT2D eigenvalue weighted by Gasteiger charge is -2.44. The highest BCUT2D eigenvalue weighted by Gasteiger charge is 2.42. The fourth-order valence-corrected chi connectivity index (χ4v) is 4.49. The van der Waals surface area contributed by atoms with E-state index in [0.29, 0.717) is 25.4 Å². The average molecular weight is 388 g/mol. The number of likely N-dealkylation sites (tertiary alicyclic amines) is 1. The summed E-state index contributed by atoms with van der Waals surface area (Å²) in [4.78, 5) is 32.3. The minimum absolute atomic E-state index is 0.136. The molecule has 1 aromatic rings. The van der Waals surface area contributed by atoms with Crippen LogP contribution in [-0.2, 0) is 9.59 Å². The zero-order chi connectivity index (χ0) is 20.3. The molecule has 0 spiro atoms. The van der Waals surface area contributed by atoms with Crippen molar-refractivity contribution in [2.24, 2.45) is 5.92 Å². The number of hydrogen-bond donors (Lipinski definition) is 0. The van der Waals surface area contributed by atoms with Crippen LogP contribution in [0.1, 0.15) is 45.2 Å². The van der Waals surface area contributed by atoms with Gasteiger partial charge >= 0.3 is 0 Å². The monoisotopic (exact) mass is 387 g/mol. The first kappa shape index (κ1) is 20.6. The van der Waals surface area contributed by atoms with Gasteiger partial charge in [-0.25, -0.2) is 0 Å². The molecule has 2 atom stereocenters. The Kier molecular flexibility index (Phi) is 6.60. The molecule has 1 aromatic carbocycles. The normalized spacial score (nSPS) is 24.0. The van der Waals surface area contributed by atoms with Crippen molar-refractivity contribution in [3.8, 4) is 5.75 Å². The van der Waals surface area contributed by atoms with Crippen LogP contribution in [0.25, 0.3) is 0 Å². The van der Waals surface area contributed by atoms with Crippen LogP contribution < -0.4 is 4.74 Å². The second-order valence-electron chi connectivity index (χ2n) is 8.00. The average Bonchev–Trinajstić information content (AvgIpc) is 2.73. The Balaban J connectivity index is 1.82. The lowest BCUT2D eigenvalue weighted by molar-refractivity contribution is -0.149. The van der Waals surface area contributed by atoms with Crippen LogP contribution >= 0.6 is 0 Å². The molecule has 2 aliphatic heterocycles. The van der Waals surface area contributed by atoms with Gasteiger partial charge in [0.25, 0.3) is 0 Å². The van der Waals surface area contributed by atoms with E-state index in [2.05, 4.69) is 18.7 Å². The van der Waals surface area contributed by atoms with E-state index in [1.807, 2.05) is 41.0 Å². The summed E-state index contributed by atoms with van der Waals surface area (Å²) in [6.07, 6.45) is 1.07. The molecule has 0 N–H and O–H groups in total. The molecule has 2 saturated heterocycles. The molecule has 6 heteroatoms. The standard InChI is InChI=1S/C22H33N3O3/c1-5-25-20(26)11-10-19(21(25)17-6-8-18(28-4)9-7-17)22(27)24-14-12-23(13-15-24)16(2)3/h6-9,16,19,21H,5,10-15H2,1-4H3/t19-,21+/m1/s1. The number of piperidine rings is 1. The highest BCUT2D eigenvalue weighted by atomic mass is 16.5. The smallest absolute Gasteiger partial charge is 0.228 e. The Hall–Kier alpha value is -2.08. The van der Waals surface area contributed by atoms with Crippen molar-refractivity contribution in [2.45, 2.75) is 45.7 Å². The molecule has 28 heavy (non-hydrogen) atoms. The van der Waals surface area contributed by atoms with Gasteiger partial charge in [0.15, 0.2) is 0 Å². The summed E-state index contributed by atoms with van der Waals surface area (Å²) < 4.78 is 5.27. The number of benzene rings is 1. The van der Waals surface area contributed by atoms with Gasteiger partial charge in [0.1, 0.15) is 5.75 Å². The van der Waals surface area contributed by atoms with Crippen LogP contribution in [0.2, 0.25) is 0 Å². The topological polar surface area (TPSA) is 53.1 Å². The van der Waals surface area contributed by atoms with Gasteiger partial charge < -0.3 is 14.5 Å². The fraction of sp³-hybridized carbons (Fsp3) is 0.636. The van der Waals surface area contributed by atoms with Crippen LogP contribution in [0, 0.1) is 5.92 Å². The molecule has 0 aromatic heterocycles. The maximum atomic E-state index is 13.4. The Morgan fingerprint density at radius 3 is 2.32 bits per heavy atom. The molecule has 0 aliphatic carbocycles. The predicted molar refractivity (Wildman–Crippen MR) is 109 cm³/mol. The number of nitrogens with zero attached hydrogens (tertiary/aromatic N) is 3. The predicted octanol–water partition coefficient (Wildman–Crippen LogP) is 2.55. The number of hydrogen-bond acceptors (Lipinski definition) is 4. The van der Waals surface area contributed by atoms with Gasteiger partial charge in [-0.1, -0.05) is 12.1 Å². The van der Waals surface area contributed by atoms with Crippen molar-refractivity contribution in [1.82, 2.24) is 14.7 Å². The Morgan fingerprint density at radius 1 is 1.14 bits per heavy atom. The summed E-state index contributed by atoms with van der Waals surface area (Å²) in [5, 5.41) is 0. The first-order valence-corrected chi connectivity index (χ1v) is 10.4. The summed E-state index contributed by atoms with van der Waals surface area (Å²) in [6, 6.07) is 8.10. The minimum Gasteiger partial charge on any atom is -0.497 e. The maximum Gasteiger partial charge on any atom is 0.228 e. The van der Waals surface area contributed by atoms with Crippen molar-refractivity contribution in [3.63, 3.8) is 0 Å². The van der Waals surface area contributed by atoms with Crippen molar-refractivity contribution in [1.29, 1.82) is 0 Å². The molecule has 2 aliphatic rings. The SMILES string of the molecule is CCN1C(=O)CC[C@@H](C(=O)N2CCN(C(C)C)CC2)[C@@H]1c1ccc(OC)cc1. The number of methoxy groups -OCH3 is 1. The zero-order valence-corrected chi connectivity index (χ0v) is 17.6. The first-order valence-electron chi connectivity index (χ1n) is 10.4. The van der Waals surface area contributed by atoms with E-state index in [4.69, 9.17) is 4.74 Å². The van der Waals surface area contributed by atoms with Crippen LogP contribution in [0.5, 0.6) is 5.75 Å². The Labute approximate surface area is 168 Å². The van der Waals surface area contributed by atoms with Gasteiger partial charge in [-0.3, -0.25) is 14.5 Å². The van der Waals surface area contributed by atoms with E-state index in [1.165, 1.54) is 0 Å². The summed E-state index contributed by atoms with van der Waals surface area (Å²) in [5.41, 5.74) is 1.01. The molecule has 2 heterocycles. The number of piperazine rings is 1. The second-order valence-corrected chi connectivity index (χ2v) is 8.00. The largest absolute Gasteiger partial charge is 0.497 e. The van der Waals surface area contributed by atoms with E-state index in [9.17, 15) is 9.59 Å². The van der Waals surface area contributed by atoms with Gasteiger partial charge in [0.2, 0.25) is 11.8 Å². The zero-order valence-electron chi connectivity index (χ0n) is 17.6. The van der Waals surface area contributed by atoms with Crippen LogP contribution in [0.3, 0.4) is 0 Å². The molecule has 2 fully saturated rings. The number of ether oxygens (including phenoxy) is 1. The maximum absolute atomic E-state index is 13.4. The van der Waals surface area contributed by atoms with Gasteiger partial charge in [-0.05, 0) is 44.9 Å². The van der Waals surface area contributed by atoms with Crippen molar-refractivity contribution >= 4 is 11.8 Å². The van der Waals surface area contributed by atoms with Gasteiger partial charge in [-0.2, -0.15) is 0 Å². The van der Waals surface area contributed by atoms with Crippen LogP contribution in [0.4, 0.5) is 0 Å². The van der Waals surface area contributed by atoms with E-state index in [0.717, 1.165) is 37.5 Å². The summed E-state index contributed by atoms with van der Waals surface area (Å²) in [6.45, 7) is 10.4. The molecule has 2 amide bonds. The van der Waals surface area contributed by atoms with Crippen molar-refractivity contribution < 1.29 is 14.3 Å². The Morgan fingerprint density at radius 2 is 1.79 bits per heavy atom. The fourth-order valence-electron chi connectivity index (χ4n) is 4.49. The minimum atomic E-state index is -0.201. The third-order valence-electron chi connectivity index (χ3n) is 6.18. The molecule has 0 bridgehead atoms. The first-order chi connectivity index (χ1) is 13.5. The number of carbonyl (C=O) groups excluding carboxylic acids is 2. The van der Waals surface area contributed by atoms with E-state index < -0.39 is 0 Å². The van der Waals surface area contributed by atoms with Crippen molar-refractivity contribution in [2.75, 3.05) is 39.8 Å².